The Bertz CT molecular complexity index is 1450. The fraction of sp³-hybridized carbons (Fsp3) is 0.717. The van der Waals surface area contributed by atoms with Crippen molar-refractivity contribution in [1.82, 2.24) is 5.32 Å². The van der Waals surface area contributed by atoms with E-state index in [1.165, 1.54) is 0 Å². The van der Waals surface area contributed by atoms with Crippen molar-refractivity contribution in [3.8, 4) is 0 Å². The second-order valence-electron chi connectivity index (χ2n) is 17.6. The monoisotopic (exact) mass is 948 g/mol. The van der Waals surface area contributed by atoms with E-state index in [-0.39, 0.29) is 18.9 Å². The maximum atomic E-state index is 13.1. The predicted octanol–water partition coefficient (Wildman–Crippen LogP) is 6.60. The molecule has 2 fully saturated rings. The molecule has 384 valence electrons. The summed E-state index contributed by atoms with van der Waals surface area (Å²) >= 11 is 0. The topological polar surface area (TPSA) is 228 Å². The van der Waals surface area contributed by atoms with Gasteiger partial charge in [0.1, 0.15) is 48.8 Å². The van der Waals surface area contributed by atoms with Crippen LogP contribution >= 0.6 is 0 Å². The Morgan fingerprint density at radius 2 is 1.03 bits per heavy atom. The first-order chi connectivity index (χ1) is 32.6. The molecule has 0 aromatic rings. The van der Waals surface area contributed by atoms with E-state index in [1.54, 1.807) is 0 Å². The number of unbranched alkanes of at least 4 members (excludes halogenated alkanes) is 10. The molecule has 2 saturated heterocycles. The molecule has 0 aromatic carbocycles. The quantitative estimate of drug-likeness (QED) is 0.0237. The van der Waals surface area contributed by atoms with E-state index in [2.05, 4.69) is 104 Å². The zero-order valence-corrected chi connectivity index (χ0v) is 40.6. The van der Waals surface area contributed by atoms with Crippen LogP contribution < -0.4 is 5.32 Å². The number of nitrogens with one attached hydrogen (secondary N) is 1. The third-order valence-corrected chi connectivity index (χ3v) is 11.9. The average Bonchev–Trinajstić information content (AvgIpc) is 3.32. The van der Waals surface area contributed by atoms with Gasteiger partial charge in [-0.2, -0.15) is 0 Å². The molecule has 67 heavy (non-hydrogen) atoms. The van der Waals surface area contributed by atoms with Gasteiger partial charge in [0.25, 0.3) is 0 Å². The van der Waals surface area contributed by atoms with Gasteiger partial charge in [-0.3, -0.25) is 4.79 Å². The van der Waals surface area contributed by atoms with Gasteiger partial charge in [0, 0.05) is 6.42 Å². The number of hydrogen-bond acceptors (Lipinski definition) is 13. The number of aliphatic hydroxyl groups is 8. The Hall–Kier alpha value is -2.83. The number of aliphatic hydroxyl groups excluding tert-OH is 8. The first-order valence-electron chi connectivity index (χ1n) is 25.3. The second kappa shape index (κ2) is 39.0. The van der Waals surface area contributed by atoms with E-state index in [1.807, 2.05) is 0 Å². The molecular weight excluding hydrogens is 859 g/mol. The van der Waals surface area contributed by atoms with Gasteiger partial charge >= 0.3 is 0 Å². The van der Waals surface area contributed by atoms with E-state index in [0.29, 0.717) is 12.8 Å². The summed E-state index contributed by atoms with van der Waals surface area (Å²) in [6, 6.07) is -0.841. The minimum atomic E-state index is -1.79. The van der Waals surface area contributed by atoms with Crippen LogP contribution in [0.25, 0.3) is 0 Å². The Kier molecular flexibility index (Phi) is 35.1. The standard InChI is InChI=1S/C53H89NO13/c1-3-5-7-9-11-12-13-14-15-16-17-18-19-20-21-22-23-24-25-26-27-28-29-30-31-33-35-37-45(58)54-41(42(57)36-34-32-10-8-6-4-2)40-64-52-50(63)48(61)51(44(39-56)66-52)67-53-49(62)47(60)46(59)43(38-55)65-53/h5,7,11-12,14-15,17-18,20-21,23-24,26-27,41-44,46-53,55-57,59-63H,3-4,6,8-10,13,16,19,22,25,28-40H2,1-2H3,(H,54,58)/b7-5-,12-11-,15-14-,18-17-,21-20-,24-23-,27-26-. The minimum Gasteiger partial charge on any atom is -0.394 e. The number of carbonyl (C=O) groups is 1. The number of rotatable bonds is 37. The van der Waals surface area contributed by atoms with E-state index in [9.17, 15) is 45.6 Å². The van der Waals surface area contributed by atoms with Crippen molar-refractivity contribution in [3.05, 3.63) is 85.1 Å². The van der Waals surface area contributed by atoms with Crippen LogP contribution in [0.15, 0.2) is 85.1 Å². The lowest BCUT2D eigenvalue weighted by Gasteiger charge is -2.46. The van der Waals surface area contributed by atoms with Crippen molar-refractivity contribution in [3.63, 3.8) is 0 Å². The van der Waals surface area contributed by atoms with Crippen molar-refractivity contribution in [2.24, 2.45) is 0 Å². The molecule has 2 heterocycles. The summed E-state index contributed by atoms with van der Waals surface area (Å²) in [5.41, 5.74) is 0. The Labute approximate surface area is 401 Å². The zero-order valence-electron chi connectivity index (χ0n) is 40.6. The summed E-state index contributed by atoms with van der Waals surface area (Å²) in [4.78, 5) is 13.1. The van der Waals surface area contributed by atoms with Gasteiger partial charge < -0.3 is 65.1 Å². The Morgan fingerprint density at radius 3 is 1.58 bits per heavy atom. The molecule has 2 aliphatic heterocycles. The van der Waals surface area contributed by atoms with E-state index >= 15 is 0 Å². The van der Waals surface area contributed by atoms with Gasteiger partial charge in [-0.25, -0.2) is 0 Å². The maximum Gasteiger partial charge on any atom is 0.220 e. The second-order valence-corrected chi connectivity index (χ2v) is 17.6. The molecule has 0 aromatic heterocycles. The van der Waals surface area contributed by atoms with Gasteiger partial charge in [0.15, 0.2) is 12.6 Å². The highest BCUT2D eigenvalue weighted by Gasteiger charge is 2.51. The normalized spacial score (nSPS) is 27.3. The molecule has 14 nitrogen and oxygen atoms in total. The molecular formula is C53H89NO13. The summed E-state index contributed by atoms with van der Waals surface area (Å²) in [6.07, 6.45) is 33.5. The Balaban J connectivity index is 1.70. The molecule has 1 amide bonds. The first-order valence-corrected chi connectivity index (χ1v) is 25.3. The third kappa shape index (κ3) is 26.1. The number of amides is 1. The average molecular weight is 948 g/mol. The van der Waals surface area contributed by atoms with Crippen LogP contribution in [0.4, 0.5) is 0 Å². The maximum absolute atomic E-state index is 13.1. The van der Waals surface area contributed by atoms with Crippen LogP contribution in [0.5, 0.6) is 0 Å². The highest BCUT2D eigenvalue weighted by atomic mass is 16.7. The molecule has 0 radical (unpaired) electrons. The molecule has 12 atom stereocenters. The van der Waals surface area contributed by atoms with Crippen LogP contribution in [0.1, 0.15) is 149 Å². The minimum absolute atomic E-state index is 0.237. The number of hydrogen-bond donors (Lipinski definition) is 9. The summed E-state index contributed by atoms with van der Waals surface area (Å²) in [6.45, 7) is 2.61. The lowest BCUT2D eigenvalue weighted by molar-refractivity contribution is -0.359. The summed E-state index contributed by atoms with van der Waals surface area (Å²) < 4.78 is 22.6. The summed E-state index contributed by atoms with van der Waals surface area (Å²) in [7, 11) is 0. The van der Waals surface area contributed by atoms with Crippen LogP contribution in [-0.4, -0.2) is 140 Å². The van der Waals surface area contributed by atoms with Crippen LogP contribution in [0.3, 0.4) is 0 Å². The van der Waals surface area contributed by atoms with Gasteiger partial charge in [-0.05, 0) is 70.6 Å². The van der Waals surface area contributed by atoms with Crippen molar-refractivity contribution in [2.45, 2.75) is 222 Å². The zero-order chi connectivity index (χ0) is 48.9. The van der Waals surface area contributed by atoms with Crippen LogP contribution in [-0.2, 0) is 23.7 Å². The molecule has 14 heteroatoms. The summed E-state index contributed by atoms with van der Waals surface area (Å²) in [5.74, 6) is -0.237. The number of allylic oxidation sites excluding steroid dienone is 14. The van der Waals surface area contributed by atoms with Crippen molar-refractivity contribution >= 4 is 5.91 Å². The smallest absolute Gasteiger partial charge is 0.220 e. The van der Waals surface area contributed by atoms with Crippen LogP contribution in [0.2, 0.25) is 0 Å². The molecule has 0 bridgehead atoms. The fourth-order valence-electron chi connectivity index (χ4n) is 7.74. The van der Waals surface area contributed by atoms with E-state index < -0.39 is 86.8 Å². The lowest BCUT2D eigenvalue weighted by atomic mass is 9.97. The molecule has 12 unspecified atom stereocenters. The van der Waals surface area contributed by atoms with E-state index in [0.717, 1.165) is 116 Å². The number of carbonyl (C=O) groups excluding carboxylic acids is 1. The highest BCUT2D eigenvalue weighted by Crippen LogP contribution is 2.30. The molecule has 2 rings (SSSR count). The molecule has 0 aliphatic carbocycles. The van der Waals surface area contributed by atoms with Gasteiger partial charge in [0.2, 0.25) is 5.91 Å². The van der Waals surface area contributed by atoms with E-state index in [4.69, 9.17) is 18.9 Å². The SMILES string of the molecule is CC/C=C\C/C=C\C/C=C\C/C=C\C/C=C\C/C=C\C/C=C\CCCCCCCC(=O)NC(COC1OC(CO)C(OC2OC(CO)C(O)C(O)C2O)C(O)C1O)C(O)CCCCCCCC. The van der Waals surface area contributed by atoms with Gasteiger partial charge in [0.05, 0.1) is 32.0 Å². The third-order valence-electron chi connectivity index (χ3n) is 11.9. The first kappa shape index (κ1) is 60.3. The van der Waals surface area contributed by atoms with Crippen LogP contribution in [0, 0.1) is 0 Å². The summed E-state index contributed by atoms with van der Waals surface area (Å²) in [5, 5.41) is 86.4. The van der Waals surface area contributed by atoms with Crippen molar-refractivity contribution in [1.29, 1.82) is 0 Å². The van der Waals surface area contributed by atoms with Crippen molar-refractivity contribution in [2.75, 3.05) is 19.8 Å². The largest absolute Gasteiger partial charge is 0.394 e. The van der Waals surface area contributed by atoms with Gasteiger partial charge in [-0.1, -0.05) is 157 Å². The predicted molar refractivity (Wildman–Crippen MR) is 263 cm³/mol. The molecule has 2 aliphatic rings. The molecule has 9 N–H and O–H groups in total. The molecule has 0 spiro atoms. The fourth-order valence-corrected chi connectivity index (χ4v) is 7.74. The van der Waals surface area contributed by atoms with Crippen molar-refractivity contribution < 1.29 is 64.6 Å². The van der Waals surface area contributed by atoms with Gasteiger partial charge in [-0.15, -0.1) is 0 Å². The highest BCUT2D eigenvalue weighted by molar-refractivity contribution is 5.76. The lowest BCUT2D eigenvalue weighted by Crippen LogP contribution is -2.65. The molecule has 0 saturated carbocycles. The number of ether oxygens (including phenoxy) is 4. The Morgan fingerprint density at radius 1 is 0.552 bits per heavy atom.